The Balaban J connectivity index is 2.50. The number of hydrogen-bond acceptors (Lipinski definition) is 4. The third kappa shape index (κ3) is 3.17. The molecule has 0 saturated carbocycles. The Kier molecular flexibility index (Phi) is 4.53. The van der Waals surface area contributed by atoms with Crippen LogP contribution >= 0.6 is 11.6 Å². The molecule has 3 N–H and O–H groups in total. The van der Waals surface area contributed by atoms with Crippen molar-refractivity contribution in [3.8, 4) is 0 Å². The monoisotopic (exact) mass is 233 g/mol. The fourth-order valence-corrected chi connectivity index (χ4v) is 1.54. The molecule has 0 spiro atoms. The highest BCUT2D eigenvalue weighted by Gasteiger charge is 2.10. The van der Waals surface area contributed by atoms with E-state index in [4.69, 9.17) is 21.8 Å². The molecule has 0 amide bonds. The summed E-state index contributed by atoms with van der Waals surface area (Å²) in [6.07, 6.45) is -0.735. The Hall–Kier alpha value is -0.620. The Morgan fingerprint density at radius 3 is 2.73 bits per heavy atom. The molecule has 5 nitrogen and oxygen atoms in total. The summed E-state index contributed by atoms with van der Waals surface area (Å²) in [6, 6.07) is 0. The Bertz CT molecular complexity index is 327. The van der Waals surface area contributed by atoms with E-state index in [0.29, 0.717) is 18.2 Å². The predicted molar refractivity (Wildman–Crippen MR) is 57.8 cm³/mol. The van der Waals surface area contributed by atoms with E-state index in [1.54, 1.807) is 11.7 Å². The molecule has 1 atom stereocenters. The Morgan fingerprint density at radius 2 is 2.27 bits per heavy atom. The third-order valence-corrected chi connectivity index (χ3v) is 2.64. The van der Waals surface area contributed by atoms with Gasteiger partial charge in [-0.2, -0.15) is 5.10 Å². The Morgan fingerprint density at radius 1 is 1.60 bits per heavy atom. The molecule has 0 radical (unpaired) electrons. The maximum atomic E-state index is 9.11. The van der Waals surface area contributed by atoms with Crippen molar-refractivity contribution in [2.75, 3.05) is 13.2 Å². The van der Waals surface area contributed by atoms with Gasteiger partial charge in [0.1, 0.15) is 5.15 Å². The molecule has 1 unspecified atom stereocenters. The second kappa shape index (κ2) is 5.46. The molecule has 1 heterocycles. The largest absolute Gasteiger partial charge is 0.394 e. The topological polar surface area (TPSA) is 70.3 Å². The van der Waals surface area contributed by atoms with E-state index in [9.17, 15) is 0 Å². The first-order valence-electron chi connectivity index (χ1n) is 4.73. The van der Waals surface area contributed by atoms with Gasteiger partial charge in [-0.3, -0.25) is 4.68 Å². The summed E-state index contributed by atoms with van der Waals surface area (Å²) in [5.41, 5.74) is 1.79. The number of rotatable bonds is 5. The number of aromatic nitrogens is 2. The average Bonchev–Trinajstić information content (AvgIpc) is 2.44. The fourth-order valence-electron chi connectivity index (χ4n) is 1.30. The maximum Gasteiger partial charge on any atom is 0.131 e. The number of aliphatic hydroxyl groups excluding tert-OH is 2. The lowest BCUT2D eigenvalue weighted by atomic mass is 10.2. The van der Waals surface area contributed by atoms with E-state index in [0.717, 1.165) is 11.3 Å². The predicted octanol–water partition coefficient (Wildman–Crippen LogP) is -0.175. The quantitative estimate of drug-likeness (QED) is 0.660. The van der Waals surface area contributed by atoms with Gasteiger partial charge in [-0.05, 0) is 6.92 Å². The van der Waals surface area contributed by atoms with Gasteiger partial charge in [-0.1, -0.05) is 11.6 Å². The second-order valence-corrected chi connectivity index (χ2v) is 3.80. The number of aryl methyl sites for hydroxylation is 2. The smallest absolute Gasteiger partial charge is 0.131 e. The molecule has 0 saturated heterocycles. The summed E-state index contributed by atoms with van der Waals surface area (Å²) in [5.74, 6) is 0. The first kappa shape index (κ1) is 12.4. The molecule has 15 heavy (non-hydrogen) atoms. The number of nitrogens with zero attached hydrogens (tertiary/aromatic N) is 2. The van der Waals surface area contributed by atoms with Gasteiger partial charge in [0, 0.05) is 25.7 Å². The van der Waals surface area contributed by atoms with Crippen LogP contribution in [0.1, 0.15) is 11.3 Å². The van der Waals surface area contributed by atoms with Gasteiger partial charge < -0.3 is 15.5 Å². The second-order valence-electron chi connectivity index (χ2n) is 3.45. The van der Waals surface area contributed by atoms with Crippen LogP contribution in [-0.2, 0) is 13.6 Å². The van der Waals surface area contributed by atoms with Crippen LogP contribution in [0.4, 0.5) is 0 Å². The molecule has 0 aromatic carbocycles. The minimum atomic E-state index is -0.735. The van der Waals surface area contributed by atoms with Crippen LogP contribution in [0.25, 0.3) is 0 Å². The van der Waals surface area contributed by atoms with Crippen LogP contribution in [-0.4, -0.2) is 39.2 Å². The minimum Gasteiger partial charge on any atom is -0.394 e. The summed E-state index contributed by atoms with van der Waals surface area (Å²) in [7, 11) is 1.78. The van der Waals surface area contributed by atoms with Gasteiger partial charge in [0.2, 0.25) is 0 Å². The number of aliphatic hydroxyl groups is 2. The number of nitrogens with one attached hydrogen (secondary N) is 1. The van der Waals surface area contributed by atoms with Crippen molar-refractivity contribution in [1.29, 1.82) is 0 Å². The summed E-state index contributed by atoms with van der Waals surface area (Å²) in [6.45, 7) is 2.51. The van der Waals surface area contributed by atoms with Crippen LogP contribution in [0, 0.1) is 6.92 Å². The minimum absolute atomic E-state index is 0.243. The van der Waals surface area contributed by atoms with Crippen molar-refractivity contribution < 1.29 is 10.2 Å². The molecule has 0 bridgehead atoms. The molecular formula is C9H16ClN3O2. The molecule has 6 heteroatoms. The molecular weight excluding hydrogens is 218 g/mol. The highest BCUT2D eigenvalue weighted by Crippen LogP contribution is 2.17. The molecule has 1 rings (SSSR count). The molecule has 1 aromatic rings. The molecule has 0 aliphatic carbocycles. The van der Waals surface area contributed by atoms with Gasteiger partial charge in [0.15, 0.2) is 0 Å². The van der Waals surface area contributed by atoms with Crippen LogP contribution in [0.5, 0.6) is 0 Å². The highest BCUT2D eigenvalue weighted by atomic mass is 35.5. The van der Waals surface area contributed by atoms with Crippen LogP contribution in [0.3, 0.4) is 0 Å². The van der Waals surface area contributed by atoms with Crippen molar-refractivity contribution in [3.05, 3.63) is 16.4 Å². The van der Waals surface area contributed by atoms with E-state index < -0.39 is 6.10 Å². The standard InChI is InChI=1S/C9H16ClN3O2/c1-6-8(9(10)13(2)12-6)4-11-3-7(15)5-14/h7,11,14-15H,3-5H2,1-2H3. The lowest BCUT2D eigenvalue weighted by Crippen LogP contribution is -2.29. The van der Waals surface area contributed by atoms with E-state index in [-0.39, 0.29) is 6.61 Å². The van der Waals surface area contributed by atoms with E-state index in [2.05, 4.69) is 10.4 Å². The summed E-state index contributed by atoms with van der Waals surface area (Å²) >= 11 is 6.01. The van der Waals surface area contributed by atoms with Gasteiger partial charge in [0.05, 0.1) is 18.4 Å². The lowest BCUT2D eigenvalue weighted by Gasteiger charge is -2.08. The van der Waals surface area contributed by atoms with Crippen molar-refractivity contribution in [3.63, 3.8) is 0 Å². The summed E-state index contributed by atoms with van der Waals surface area (Å²) < 4.78 is 1.61. The lowest BCUT2D eigenvalue weighted by molar-refractivity contribution is 0.0942. The van der Waals surface area contributed by atoms with E-state index >= 15 is 0 Å². The van der Waals surface area contributed by atoms with Gasteiger partial charge in [-0.25, -0.2) is 0 Å². The van der Waals surface area contributed by atoms with Gasteiger partial charge in [0.25, 0.3) is 0 Å². The normalized spacial score (nSPS) is 13.1. The molecule has 0 aliphatic heterocycles. The van der Waals surface area contributed by atoms with Crippen molar-refractivity contribution in [1.82, 2.24) is 15.1 Å². The van der Waals surface area contributed by atoms with Crippen molar-refractivity contribution in [2.45, 2.75) is 19.6 Å². The SMILES string of the molecule is Cc1nn(C)c(Cl)c1CNCC(O)CO. The maximum absolute atomic E-state index is 9.11. The van der Waals surface area contributed by atoms with Crippen LogP contribution in [0.2, 0.25) is 5.15 Å². The highest BCUT2D eigenvalue weighted by molar-refractivity contribution is 6.30. The summed E-state index contributed by atoms with van der Waals surface area (Å²) in [4.78, 5) is 0. The zero-order chi connectivity index (χ0) is 11.4. The van der Waals surface area contributed by atoms with Gasteiger partial charge in [-0.15, -0.1) is 0 Å². The number of halogens is 1. The summed E-state index contributed by atoms with van der Waals surface area (Å²) in [5, 5.41) is 25.5. The average molecular weight is 234 g/mol. The van der Waals surface area contributed by atoms with Crippen molar-refractivity contribution >= 4 is 11.6 Å². The molecule has 0 aliphatic rings. The van der Waals surface area contributed by atoms with Crippen molar-refractivity contribution in [2.24, 2.45) is 7.05 Å². The van der Waals surface area contributed by atoms with Crippen LogP contribution < -0.4 is 5.32 Å². The molecule has 86 valence electrons. The van der Waals surface area contributed by atoms with E-state index in [1.165, 1.54) is 0 Å². The first-order valence-corrected chi connectivity index (χ1v) is 5.11. The zero-order valence-electron chi connectivity index (χ0n) is 8.87. The van der Waals surface area contributed by atoms with Crippen LogP contribution in [0.15, 0.2) is 0 Å². The zero-order valence-corrected chi connectivity index (χ0v) is 9.62. The first-order chi connectivity index (χ1) is 7.06. The molecule has 1 aromatic heterocycles. The Labute approximate surface area is 93.7 Å². The number of hydrogen-bond donors (Lipinski definition) is 3. The van der Waals surface area contributed by atoms with E-state index in [1.807, 2.05) is 6.92 Å². The third-order valence-electron chi connectivity index (χ3n) is 2.16. The fraction of sp³-hybridized carbons (Fsp3) is 0.667. The van der Waals surface area contributed by atoms with Gasteiger partial charge >= 0.3 is 0 Å². The molecule has 0 fully saturated rings.